The summed E-state index contributed by atoms with van der Waals surface area (Å²) in [5, 5.41) is 4.66. The Balaban J connectivity index is 0.000001000. The third kappa shape index (κ3) is 3.75. The number of rotatable bonds is 1. The van der Waals surface area contributed by atoms with E-state index in [2.05, 4.69) is 4.98 Å². The van der Waals surface area contributed by atoms with Crippen molar-refractivity contribution < 1.29 is 8.42 Å². The predicted molar refractivity (Wildman–Crippen MR) is 42.8 cm³/mol. The summed E-state index contributed by atoms with van der Waals surface area (Å²) in [6.45, 7) is 0. The number of hydrogen-bond acceptors (Lipinski definition) is 3. The molecule has 1 aromatic heterocycles. The zero-order valence-electron chi connectivity index (χ0n) is 5.06. The molecule has 0 bridgehead atoms. The van der Waals surface area contributed by atoms with E-state index in [-0.39, 0.29) is 56.4 Å². The van der Waals surface area contributed by atoms with Crippen molar-refractivity contribution >= 4 is 61.4 Å². The van der Waals surface area contributed by atoms with Crippen LogP contribution >= 0.6 is 0 Å². The summed E-state index contributed by atoms with van der Waals surface area (Å²) in [5.41, 5.74) is 0. The fourth-order valence-corrected chi connectivity index (χ4v) is 0.991. The molecule has 11 heavy (non-hydrogen) atoms. The molecule has 0 saturated heterocycles. The van der Waals surface area contributed by atoms with E-state index in [0.717, 1.165) is 0 Å². The van der Waals surface area contributed by atoms with Gasteiger partial charge in [-0.05, 0) is 12.1 Å². The van der Waals surface area contributed by atoms with Crippen molar-refractivity contribution in [2.75, 3.05) is 0 Å². The van der Waals surface area contributed by atoms with Crippen molar-refractivity contribution in [1.82, 2.24) is 4.98 Å². The van der Waals surface area contributed by atoms with E-state index in [1.165, 1.54) is 12.3 Å². The Morgan fingerprint density at radius 1 is 1.36 bits per heavy atom. The standard InChI is InChI=1S/C5H6N2O2S.K.H/c6-10(8,9)5-3-1-2-4-7-5;;/h1-4H,(H2,6,8,9);;. The van der Waals surface area contributed by atoms with Crippen LogP contribution in [0, 0.1) is 0 Å². The summed E-state index contributed by atoms with van der Waals surface area (Å²) in [6, 6.07) is 4.52. The first kappa shape index (κ1) is 11.7. The number of pyridine rings is 1. The van der Waals surface area contributed by atoms with Gasteiger partial charge in [0, 0.05) is 6.20 Å². The zero-order chi connectivity index (χ0) is 7.61. The number of nitrogens with two attached hydrogens (primary N) is 1. The minimum atomic E-state index is -3.61. The van der Waals surface area contributed by atoms with Crippen LogP contribution in [-0.4, -0.2) is 64.8 Å². The molecule has 0 aliphatic rings. The van der Waals surface area contributed by atoms with Gasteiger partial charge in [-0.2, -0.15) is 0 Å². The number of hydrogen-bond donors (Lipinski definition) is 1. The summed E-state index contributed by atoms with van der Waals surface area (Å²) in [6.07, 6.45) is 1.37. The molecule has 1 aromatic rings. The van der Waals surface area contributed by atoms with Gasteiger partial charge in [0.2, 0.25) is 0 Å². The molecular weight excluding hydrogens is 191 g/mol. The summed E-state index contributed by atoms with van der Waals surface area (Å²) in [5.74, 6) is 0. The molecule has 0 unspecified atom stereocenters. The maximum atomic E-state index is 10.5. The van der Waals surface area contributed by atoms with E-state index in [9.17, 15) is 8.42 Å². The molecule has 0 spiro atoms. The molecule has 4 nitrogen and oxygen atoms in total. The SMILES string of the molecule is NS(=O)(=O)c1ccccn1.[KH]. The number of aromatic nitrogens is 1. The van der Waals surface area contributed by atoms with Crippen molar-refractivity contribution in [1.29, 1.82) is 0 Å². The second-order valence-corrected chi connectivity index (χ2v) is 3.22. The quantitative estimate of drug-likeness (QED) is 0.593. The normalized spacial score (nSPS) is 10.3. The van der Waals surface area contributed by atoms with Gasteiger partial charge in [-0.3, -0.25) is 0 Å². The molecule has 0 radical (unpaired) electrons. The van der Waals surface area contributed by atoms with Gasteiger partial charge in [0.25, 0.3) is 10.0 Å². The molecule has 0 atom stereocenters. The van der Waals surface area contributed by atoms with Crippen LogP contribution in [0.25, 0.3) is 0 Å². The summed E-state index contributed by atoms with van der Waals surface area (Å²) in [7, 11) is -3.61. The van der Waals surface area contributed by atoms with Crippen LogP contribution in [0.2, 0.25) is 0 Å². The predicted octanol–water partition coefficient (Wildman–Crippen LogP) is -0.919. The van der Waals surface area contributed by atoms with Gasteiger partial charge in [0.05, 0.1) is 0 Å². The second-order valence-electron chi connectivity index (χ2n) is 1.71. The molecule has 1 heterocycles. The van der Waals surface area contributed by atoms with Gasteiger partial charge in [0.15, 0.2) is 5.03 Å². The third-order valence-corrected chi connectivity index (χ3v) is 1.75. The van der Waals surface area contributed by atoms with E-state index >= 15 is 0 Å². The molecule has 0 aliphatic carbocycles. The number of primary sulfonamides is 1. The first-order valence-corrected chi connectivity index (χ1v) is 4.09. The molecule has 0 aromatic carbocycles. The molecule has 0 fully saturated rings. The van der Waals surface area contributed by atoms with Crippen LogP contribution in [-0.2, 0) is 10.0 Å². The number of sulfonamides is 1. The van der Waals surface area contributed by atoms with Gasteiger partial charge in [-0.15, -0.1) is 0 Å². The van der Waals surface area contributed by atoms with Crippen LogP contribution in [0.1, 0.15) is 0 Å². The van der Waals surface area contributed by atoms with Gasteiger partial charge < -0.3 is 0 Å². The van der Waals surface area contributed by atoms with Crippen molar-refractivity contribution in [3.63, 3.8) is 0 Å². The van der Waals surface area contributed by atoms with Gasteiger partial charge >= 0.3 is 51.4 Å². The average Bonchev–Trinajstić information content (AvgIpc) is 1.88. The zero-order valence-corrected chi connectivity index (χ0v) is 5.88. The van der Waals surface area contributed by atoms with E-state index in [4.69, 9.17) is 5.14 Å². The van der Waals surface area contributed by atoms with Crippen molar-refractivity contribution in [3.8, 4) is 0 Å². The van der Waals surface area contributed by atoms with Crippen molar-refractivity contribution in [2.24, 2.45) is 5.14 Å². The van der Waals surface area contributed by atoms with Crippen molar-refractivity contribution in [2.45, 2.75) is 5.03 Å². The van der Waals surface area contributed by atoms with Crippen LogP contribution in [0.4, 0.5) is 0 Å². The fourth-order valence-electron chi connectivity index (χ4n) is 0.515. The first-order chi connectivity index (χ1) is 4.61. The Hall–Kier alpha value is 0.696. The molecule has 56 valence electrons. The van der Waals surface area contributed by atoms with Crippen molar-refractivity contribution in [3.05, 3.63) is 24.4 Å². The maximum absolute atomic E-state index is 10.5. The van der Waals surface area contributed by atoms with Gasteiger partial charge in [-0.25, -0.2) is 18.5 Å². The van der Waals surface area contributed by atoms with E-state index in [0.29, 0.717) is 0 Å². The third-order valence-electron chi connectivity index (χ3n) is 0.929. The Morgan fingerprint density at radius 2 is 2.00 bits per heavy atom. The molecule has 6 heteroatoms. The first-order valence-electron chi connectivity index (χ1n) is 2.54. The van der Waals surface area contributed by atoms with E-state index < -0.39 is 10.0 Å². The Bertz CT molecular complexity index is 311. The van der Waals surface area contributed by atoms with Crippen LogP contribution in [0.3, 0.4) is 0 Å². The minimum absolute atomic E-state index is 0. The fraction of sp³-hybridized carbons (Fsp3) is 0. The summed E-state index contributed by atoms with van der Waals surface area (Å²) >= 11 is 0. The molecular formula is C5H7KN2O2S. The monoisotopic (exact) mass is 198 g/mol. The van der Waals surface area contributed by atoms with Crippen LogP contribution in [0.5, 0.6) is 0 Å². The van der Waals surface area contributed by atoms with Gasteiger partial charge in [-0.1, -0.05) is 6.07 Å². The Kier molecular flexibility index (Phi) is 4.95. The molecule has 0 aliphatic heterocycles. The molecule has 2 N–H and O–H groups in total. The van der Waals surface area contributed by atoms with Gasteiger partial charge in [0.1, 0.15) is 0 Å². The second kappa shape index (κ2) is 4.66. The summed E-state index contributed by atoms with van der Waals surface area (Å²) in [4.78, 5) is 3.54. The molecule has 0 amide bonds. The van der Waals surface area contributed by atoms with E-state index in [1.54, 1.807) is 12.1 Å². The number of nitrogens with zero attached hydrogens (tertiary/aromatic N) is 1. The van der Waals surface area contributed by atoms with Crippen LogP contribution < -0.4 is 5.14 Å². The Labute approximate surface area is 108 Å². The average molecular weight is 198 g/mol. The molecule has 0 saturated carbocycles. The summed E-state index contributed by atoms with van der Waals surface area (Å²) < 4.78 is 21.1. The topological polar surface area (TPSA) is 73.1 Å². The molecule has 1 rings (SSSR count). The van der Waals surface area contributed by atoms with Crippen LogP contribution in [0.15, 0.2) is 29.4 Å². The Morgan fingerprint density at radius 3 is 2.27 bits per heavy atom. The van der Waals surface area contributed by atoms with E-state index in [1.807, 2.05) is 0 Å².